The zero-order valence-corrected chi connectivity index (χ0v) is 11.7. The van der Waals surface area contributed by atoms with Crippen molar-refractivity contribution in [1.82, 2.24) is 0 Å². The molecule has 1 aromatic heterocycles. The van der Waals surface area contributed by atoms with E-state index in [0.717, 1.165) is 11.5 Å². The van der Waals surface area contributed by atoms with Gasteiger partial charge in [0.1, 0.15) is 11.5 Å². The number of halogens is 2. The summed E-state index contributed by atoms with van der Waals surface area (Å²) in [5.41, 5.74) is 5.76. The average Bonchev–Trinajstić information content (AvgIpc) is 2.70. The van der Waals surface area contributed by atoms with Gasteiger partial charge in [-0.3, -0.25) is 9.59 Å². The summed E-state index contributed by atoms with van der Waals surface area (Å²) in [4.78, 5) is 23.5. The van der Waals surface area contributed by atoms with Crippen molar-refractivity contribution in [1.29, 1.82) is 0 Å². The number of hydrogen-bond donors (Lipinski definition) is 2. The van der Waals surface area contributed by atoms with Crippen LogP contribution in [0.1, 0.15) is 20.0 Å². The van der Waals surface area contributed by atoms with Gasteiger partial charge in [0, 0.05) is 0 Å². The number of carbonyl (C=O) groups excluding carboxylic acids is 2. The summed E-state index contributed by atoms with van der Waals surface area (Å²) < 4.78 is 2.66. The van der Waals surface area contributed by atoms with Crippen molar-refractivity contribution in [3.05, 3.63) is 44.9 Å². The minimum absolute atomic E-state index is 0.140. The molecule has 0 saturated heterocycles. The molecule has 0 atom stereocenters. The quantitative estimate of drug-likeness (QED) is 0.909. The van der Waals surface area contributed by atoms with Crippen LogP contribution in [0.3, 0.4) is 0 Å². The number of benzene rings is 1. The molecule has 0 fully saturated rings. The number of H-pyrrole nitrogens is 1. The summed E-state index contributed by atoms with van der Waals surface area (Å²) >= 11 is 12.6. The molecule has 0 aliphatic rings. The molecule has 1 aromatic carbocycles. The first-order chi connectivity index (χ1) is 9.00. The van der Waals surface area contributed by atoms with Crippen LogP contribution >= 0.6 is 34.7 Å². The topological polar surface area (TPSA) is 86.3 Å². The molecule has 0 aliphatic heterocycles. The second-order valence-electron chi connectivity index (χ2n) is 3.53. The summed E-state index contributed by atoms with van der Waals surface area (Å²) in [5.74, 6) is -1.09. The Bertz CT molecular complexity index is 657. The number of anilines is 1. The minimum atomic E-state index is -0.627. The normalized spacial score (nSPS) is 10.2. The van der Waals surface area contributed by atoms with Gasteiger partial charge in [0.2, 0.25) is 0 Å². The lowest BCUT2D eigenvalue weighted by atomic mass is 10.1. The number of carbonyl (C=O) groups is 2. The van der Waals surface area contributed by atoms with Gasteiger partial charge in [-0.1, -0.05) is 23.7 Å². The van der Waals surface area contributed by atoms with Crippen LogP contribution in [0.4, 0.5) is 5.69 Å². The Labute approximate surface area is 122 Å². The molecule has 0 unspecified atom stereocenters. The van der Waals surface area contributed by atoms with Gasteiger partial charge in [-0.05, 0) is 23.7 Å². The molecule has 0 radical (unpaired) electrons. The van der Waals surface area contributed by atoms with Crippen LogP contribution in [-0.4, -0.2) is 11.8 Å². The molecule has 8 heteroatoms. The molecule has 98 valence electrons. The predicted octanol–water partition coefficient (Wildman–Crippen LogP) is 2.22. The molecule has 2 aromatic rings. The second-order valence-corrected chi connectivity index (χ2v) is 5.10. The SMILES string of the molecule is NC(=O)c1ccccc1NC(=O)c1s[nH+]c(Cl)c1Cl. The monoisotopic (exact) mass is 316 g/mol. The van der Waals surface area contributed by atoms with E-state index in [1.54, 1.807) is 18.2 Å². The van der Waals surface area contributed by atoms with Crippen LogP contribution in [0.5, 0.6) is 0 Å². The second kappa shape index (κ2) is 5.56. The van der Waals surface area contributed by atoms with Crippen molar-refractivity contribution >= 4 is 52.2 Å². The van der Waals surface area contributed by atoms with E-state index in [1.165, 1.54) is 6.07 Å². The molecule has 0 spiro atoms. The molecule has 2 rings (SSSR count). The Morgan fingerprint density at radius 2 is 1.95 bits per heavy atom. The van der Waals surface area contributed by atoms with E-state index in [4.69, 9.17) is 28.9 Å². The number of hydrogen-bond acceptors (Lipinski definition) is 3. The van der Waals surface area contributed by atoms with Crippen LogP contribution in [-0.2, 0) is 0 Å². The van der Waals surface area contributed by atoms with Crippen molar-refractivity contribution in [3.8, 4) is 0 Å². The third kappa shape index (κ3) is 2.86. The lowest BCUT2D eigenvalue weighted by molar-refractivity contribution is -0.286. The number of amides is 2. The number of rotatable bonds is 3. The zero-order chi connectivity index (χ0) is 14.0. The van der Waals surface area contributed by atoms with Gasteiger partial charge >= 0.3 is 5.15 Å². The first-order valence-corrected chi connectivity index (χ1v) is 6.63. The van der Waals surface area contributed by atoms with Crippen LogP contribution < -0.4 is 15.4 Å². The molecule has 5 nitrogen and oxygen atoms in total. The van der Waals surface area contributed by atoms with Gasteiger partial charge in [0.25, 0.3) is 11.8 Å². The Kier molecular flexibility index (Phi) is 4.04. The van der Waals surface area contributed by atoms with Gasteiger partial charge in [0.05, 0.1) is 11.3 Å². The highest BCUT2D eigenvalue weighted by Crippen LogP contribution is 2.26. The van der Waals surface area contributed by atoms with Crippen molar-refractivity contribution < 1.29 is 14.0 Å². The number of aromatic amines is 1. The molecule has 0 saturated carbocycles. The fourth-order valence-corrected chi connectivity index (χ4v) is 2.62. The summed E-state index contributed by atoms with van der Waals surface area (Å²) in [6.07, 6.45) is 0. The van der Waals surface area contributed by atoms with Crippen molar-refractivity contribution in [3.63, 3.8) is 0 Å². The summed E-state index contributed by atoms with van der Waals surface area (Å²) in [6, 6.07) is 6.42. The van der Waals surface area contributed by atoms with Crippen molar-refractivity contribution in [2.75, 3.05) is 5.32 Å². The Morgan fingerprint density at radius 1 is 1.26 bits per heavy atom. The van der Waals surface area contributed by atoms with Crippen LogP contribution in [0.25, 0.3) is 0 Å². The molecule has 2 amide bonds. The average molecular weight is 317 g/mol. The fraction of sp³-hybridized carbons (Fsp3) is 0. The van der Waals surface area contributed by atoms with Crippen LogP contribution in [0, 0.1) is 0 Å². The first kappa shape index (κ1) is 13.8. The third-order valence-corrected chi connectivity index (χ3v) is 4.16. The van der Waals surface area contributed by atoms with E-state index in [2.05, 4.69) is 9.69 Å². The van der Waals surface area contributed by atoms with Gasteiger partial charge in [-0.2, -0.15) is 0 Å². The highest BCUT2D eigenvalue weighted by atomic mass is 35.5. The van der Waals surface area contributed by atoms with E-state index < -0.39 is 11.8 Å². The Morgan fingerprint density at radius 3 is 2.53 bits per heavy atom. The van der Waals surface area contributed by atoms with Crippen molar-refractivity contribution in [2.24, 2.45) is 5.73 Å². The van der Waals surface area contributed by atoms with E-state index in [0.29, 0.717) is 5.69 Å². The number of aromatic nitrogens is 1. The van der Waals surface area contributed by atoms with Gasteiger partial charge in [-0.15, -0.1) is 4.37 Å². The molecule has 4 N–H and O–H groups in total. The van der Waals surface area contributed by atoms with Crippen LogP contribution in [0.2, 0.25) is 10.2 Å². The number of nitrogens with two attached hydrogens (primary N) is 1. The summed E-state index contributed by atoms with van der Waals surface area (Å²) in [6.45, 7) is 0. The molecule has 0 bridgehead atoms. The lowest BCUT2D eigenvalue weighted by Gasteiger charge is -2.06. The number of para-hydroxylation sites is 1. The molecule has 1 heterocycles. The number of nitrogens with one attached hydrogen (secondary N) is 2. The Hall–Kier alpha value is -1.63. The highest BCUT2D eigenvalue weighted by Gasteiger charge is 2.23. The largest absolute Gasteiger partial charge is 0.366 e. The predicted molar refractivity (Wildman–Crippen MR) is 73.8 cm³/mol. The van der Waals surface area contributed by atoms with E-state index in [9.17, 15) is 9.59 Å². The van der Waals surface area contributed by atoms with Gasteiger partial charge in [0.15, 0.2) is 9.90 Å². The zero-order valence-electron chi connectivity index (χ0n) is 9.37. The maximum atomic E-state index is 12.0. The maximum Gasteiger partial charge on any atom is 0.307 e. The maximum absolute atomic E-state index is 12.0. The van der Waals surface area contributed by atoms with E-state index >= 15 is 0 Å². The molecular formula is C11H8Cl2N3O2S+. The number of primary amides is 1. The van der Waals surface area contributed by atoms with Gasteiger partial charge in [-0.25, -0.2) is 0 Å². The lowest BCUT2D eigenvalue weighted by Crippen LogP contribution is -2.17. The third-order valence-electron chi connectivity index (χ3n) is 2.28. The van der Waals surface area contributed by atoms with E-state index in [-0.39, 0.29) is 20.6 Å². The van der Waals surface area contributed by atoms with Gasteiger partial charge < -0.3 is 11.1 Å². The smallest absolute Gasteiger partial charge is 0.307 e. The fourth-order valence-electron chi connectivity index (χ4n) is 1.42. The molecule has 19 heavy (non-hydrogen) atoms. The van der Waals surface area contributed by atoms with Crippen LogP contribution in [0.15, 0.2) is 24.3 Å². The standard InChI is InChI=1S/C11H7Cl2N3O2S/c12-7-8(19-16-9(7)13)11(18)15-6-4-2-1-3-5(6)10(14)17/h1-4H,(H2,14,17)(H,15,18)/p+1. The summed E-state index contributed by atoms with van der Waals surface area (Å²) in [7, 11) is 0. The summed E-state index contributed by atoms with van der Waals surface area (Å²) in [5, 5.41) is 2.90. The molecular weight excluding hydrogens is 309 g/mol. The van der Waals surface area contributed by atoms with E-state index in [1.807, 2.05) is 0 Å². The highest BCUT2D eigenvalue weighted by molar-refractivity contribution is 7.05. The Balaban J connectivity index is 2.29. The molecule has 0 aliphatic carbocycles. The van der Waals surface area contributed by atoms with Crippen molar-refractivity contribution in [2.45, 2.75) is 0 Å². The minimum Gasteiger partial charge on any atom is -0.366 e. The first-order valence-electron chi connectivity index (χ1n) is 5.06.